The molecule has 0 unspecified atom stereocenters. The smallest absolute Gasteiger partial charge is 0.156 e. The molecule has 7 nitrogen and oxygen atoms in total. The summed E-state index contributed by atoms with van der Waals surface area (Å²) in [4.78, 5) is 26.6. The van der Waals surface area contributed by atoms with Crippen molar-refractivity contribution in [2.45, 2.75) is 19.8 Å². The van der Waals surface area contributed by atoms with Crippen molar-refractivity contribution in [2.75, 3.05) is 25.1 Å². The van der Waals surface area contributed by atoms with Gasteiger partial charge in [-0.05, 0) is 18.6 Å². The minimum Gasteiger partial charge on any atom is -0.396 e. The summed E-state index contributed by atoms with van der Waals surface area (Å²) in [7, 11) is 2.02. The fourth-order valence-electron chi connectivity index (χ4n) is 2.79. The van der Waals surface area contributed by atoms with Crippen molar-refractivity contribution in [3.63, 3.8) is 0 Å². The van der Waals surface area contributed by atoms with E-state index < -0.39 is 0 Å². The fourth-order valence-corrected chi connectivity index (χ4v) is 3.65. The van der Waals surface area contributed by atoms with Gasteiger partial charge in [0.15, 0.2) is 5.82 Å². The predicted octanol–water partition coefficient (Wildman–Crippen LogP) is 3.63. The van der Waals surface area contributed by atoms with Crippen LogP contribution in [-0.2, 0) is 4.84 Å². The van der Waals surface area contributed by atoms with Crippen molar-refractivity contribution in [1.82, 2.24) is 19.9 Å². The third-order valence-electron chi connectivity index (χ3n) is 4.21. The Morgan fingerprint density at radius 3 is 3.00 bits per heavy atom. The summed E-state index contributed by atoms with van der Waals surface area (Å²) in [6.07, 6.45) is 8.91. The highest BCUT2D eigenvalue weighted by atomic mass is 32.1. The highest BCUT2D eigenvalue weighted by Gasteiger charge is 2.24. The molecule has 0 spiro atoms. The lowest BCUT2D eigenvalue weighted by Crippen LogP contribution is -2.30. The lowest BCUT2D eigenvalue weighted by Gasteiger charge is -2.26. The SMILES string of the molecule is CCCON=C1CCN(C)c2ncc(-c3cnc(-c4cccnc4)s3)nc21. The van der Waals surface area contributed by atoms with E-state index in [0.717, 1.165) is 57.8 Å². The van der Waals surface area contributed by atoms with Gasteiger partial charge in [-0.15, -0.1) is 11.3 Å². The van der Waals surface area contributed by atoms with E-state index in [9.17, 15) is 0 Å². The van der Waals surface area contributed by atoms with E-state index in [-0.39, 0.29) is 0 Å². The molecule has 0 N–H and O–H groups in total. The molecule has 0 bridgehead atoms. The van der Waals surface area contributed by atoms with Gasteiger partial charge in [-0.25, -0.2) is 15.0 Å². The van der Waals surface area contributed by atoms with Crippen molar-refractivity contribution in [2.24, 2.45) is 5.16 Å². The van der Waals surface area contributed by atoms with Crippen molar-refractivity contribution < 1.29 is 4.84 Å². The molecule has 0 amide bonds. The van der Waals surface area contributed by atoms with Gasteiger partial charge in [0.2, 0.25) is 0 Å². The van der Waals surface area contributed by atoms with Crippen molar-refractivity contribution in [3.05, 3.63) is 42.6 Å². The van der Waals surface area contributed by atoms with Gasteiger partial charge in [0.05, 0.1) is 11.1 Å². The Morgan fingerprint density at radius 1 is 1.26 bits per heavy atom. The van der Waals surface area contributed by atoms with Crippen molar-refractivity contribution >= 4 is 22.9 Å². The quantitative estimate of drug-likeness (QED) is 0.497. The molecular weight excluding hydrogens is 360 g/mol. The van der Waals surface area contributed by atoms with Crippen molar-refractivity contribution in [1.29, 1.82) is 0 Å². The molecule has 1 aliphatic rings. The summed E-state index contributed by atoms with van der Waals surface area (Å²) in [5.41, 5.74) is 3.42. The lowest BCUT2D eigenvalue weighted by atomic mass is 10.1. The van der Waals surface area contributed by atoms with Gasteiger partial charge < -0.3 is 9.74 Å². The second-order valence-electron chi connectivity index (χ2n) is 6.24. The molecule has 3 aromatic rings. The zero-order valence-corrected chi connectivity index (χ0v) is 16.1. The van der Waals surface area contributed by atoms with Gasteiger partial charge in [-0.3, -0.25) is 4.98 Å². The Kier molecular flexibility index (Phi) is 5.06. The highest BCUT2D eigenvalue weighted by molar-refractivity contribution is 7.18. The highest BCUT2D eigenvalue weighted by Crippen LogP contribution is 2.32. The van der Waals surface area contributed by atoms with Crippen LogP contribution in [0.3, 0.4) is 0 Å². The minimum atomic E-state index is 0.602. The van der Waals surface area contributed by atoms with Gasteiger partial charge in [0, 0.05) is 44.2 Å². The van der Waals surface area contributed by atoms with Gasteiger partial charge in [0.25, 0.3) is 0 Å². The number of thiazole rings is 1. The zero-order valence-electron chi connectivity index (χ0n) is 15.3. The van der Waals surface area contributed by atoms with E-state index in [1.165, 1.54) is 0 Å². The minimum absolute atomic E-state index is 0.602. The molecule has 0 saturated heterocycles. The van der Waals surface area contributed by atoms with Crippen LogP contribution < -0.4 is 4.90 Å². The molecule has 0 fully saturated rings. The summed E-state index contributed by atoms with van der Waals surface area (Å²) in [6.45, 7) is 3.51. The number of rotatable bonds is 5. The predicted molar refractivity (Wildman–Crippen MR) is 107 cm³/mol. The van der Waals surface area contributed by atoms with Gasteiger partial charge in [-0.1, -0.05) is 12.1 Å². The van der Waals surface area contributed by atoms with Gasteiger partial charge in [0.1, 0.15) is 28.7 Å². The molecule has 8 heteroatoms. The van der Waals surface area contributed by atoms with Crippen LogP contribution >= 0.6 is 11.3 Å². The molecule has 0 aromatic carbocycles. The topological polar surface area (TPSA) is 76.4 Å². The summed E-state index contributed by atoms with van der Waals surface area (Å²) in [5, 5.41) is 5.22. The van der Waals surface area contributed by atoms with E-state index in [0.29, 0.717) is 6.61 Å². The summed E-state index contributed by atoms with van der Waals surface area (Å²) >= 11 is 1.57. The Morgan fingerprint density at radius 2 is 2.19 bits per heavy atom. The van der Waals surface area contributed by atoms with E-state index >= 15 is 0 Å². The molecule has 1 aliphatic heterocycles. The Labute approximate surface area is 161 Å². The zero-order chi connectivity index (χ0) is 18.6. The second-order valence-corrected chi connectivity index (χ2v) is 7.27. The van der Waals surface area contributed by atoms with Crippen molar-refractivity contribution in [3.8, 4) is 21.1 Å². The third-order valence-corrected chi connectivity index (χ3v) is 5.28. The number of anilines is 1. The second kappa shape index (κ2) is 7.79. The van der Waals surface area contributed by atoms with Crippen LogP contribution in [0.25, 0.3) is 21.1 Å². The first-order valence-corrected chi connectivity index (χ1v) is 9.72. The molecule has 0 atom stereocenters. The molecule has 0 radical (unpaired) electrons. The summed E-state index contributed by atoms with van der Waals surface area (Å²) < 4.78 is 0. The number of aromatic nitrogens is 4. The third kappa shape index (κ3) is 3.66. The van der Waals surface area contributed by atoms with E-state index in [1.54, 1.807) is 23.7 Å². The maximum Gasteiger partial charge on any atom is 0.156 e. The van der Waals surface area contributed by atoms with E-state index in [1.807, 2.05) is 31.6 Å². The summed E-state index contributed by atoms with van der Waals surface area (Å²) in [6, 6.07) is 3.91. The van der Waals surface area contributed by atoms with Crippen LogP contribution in [0.5, 0.6) is 0 Å². The molecule has 4 heterocycles. The van der Waals surface area contributed by atoms with Crippen LogP contribution in [0.4, 0.5) is 5.82 Å². The average molecular weight is 380 g/mol. The monoisotopic (exact) mass is 380 g/mol. The largest absolute Gasteiger partial charge is 0.396 e. The molecular formula is C19H20N6OS. The van der Waals surface area contributed by atoms with Crippen LogP contribution in [0.1, 0.15) is 25.5 Å². The first-order chi connectivity index (χ1) is 13.3. The van der Waals surface area contributed by atoms with Crippen LogP contribution in [0.2, 0.25) is 0 Å². The Hall–Kier alpha value is -2.87. The van der Waals surface area contributed by atoms with Crippen LogP contribution in [0, 0.1) is 0 Å². The first kappa shape index (κ1) is 17.5. The number of fused-ring (bicyclic) bond motifs is 1. The van der Waals surface area contributed by atoms with Crippen LogP contribution in [-0.4, -0.2) is 45.8 Å². The number of nitrogens with zero attached hydrogens (tertiary/aromatic N) is 6. The normalized spacial score (nSPS) is 15.0. The summed E-state index contributed by atoms with van der Waals surface area (Å²) in [5.74, 6) is 0.834. The number of hydrogen-bond acceptors (Lipinski definition) is 8. The van der Waals surface area contributed by atoms with Gasteiger partial charge >= 0.3 is 0 Å². The van der Waals surface area contributed by atoms with Crippen LogP contribution in [0.15, 0.2) is 42.1 Å². The standard InChI is InChI=1S/C19H20N6OS/c1-3-9-26-24-14-6-8-25(2)18-17(14)23-15(11-21-18)16-12-22-19(27-16)13-5-4-7-20-10-13/h4-5,7,10-12H,3,6,8-9H2,1-2H3. The molecule has 3 aromatic heterocycles. The van der Waals surface area contributed by atoms with Gasteiger partial charge in [-0.2, -0.15) is 0 Å². The Balaban J connectivity index is 1.68. The average Bonchev–Trinajstić information content (AvgIpc) is 3.21. The number of oxime groups is 1. The Bertz CT molecular complexity index is 956. The molecule has 0 saturated carbocycles. The molecule has 4 rings (SSSR count). The maximum atomic E-state index is 5.41. The lowest BCUT2D eigenvalue weighted by molar-refractivity contribution is 0.144. The number of pyridine rings is 1. The first-order valence-electron chi connectivity index (χ1n) is 8.90. The maximum absolute atomic E-state index is 5.41. The molecule has 138 valence electrons. The van der Waals surface area contributed by atoms with E-state index in [2.05, 4.69) is 31.9 Å². The fraction of sp³-hybridized carbons (Fsp3) is 0.316. The molecule has 27 heavy (non-hydrogen) atoms. The van der Waals surface area contributed by atoms with E-state index in [4.69, 9.17) is 9.82 Å². The molecule has 0 aliphatic carbocycles. The number of hydrogen-bond donors (Lipinski definition) is 0.